The van der Waals surface area contributed by atoms with Gasteiger partial charge in [-0.1, -0.05) is 69.0 Å². The van der Waals surface area contributed by atoms with Gasteiger partial charge in [-0.05, 0) is 122 Å². The molecule has 0 atom stereocenters. The van der Waals surface area contributed by atoms with Crippen LogP contribution in [0.2, 0.25) is 0 Å². The van der Waals surface area contributed by atoms with Crippen LogP contribution >= 0.6 is 0 Å². The van der Waals surface area contributed by atoms with Crippen molar-refractivity contribution in [3.05, 3.63) is 112 Å². The Hall–Kier alpha value is -3.02. The molecular weight excluding hydrogens is 582 g/mol. The van der Waals surface area contributed by atoms with Crippen molar-refractivity contribution in [2.24, 2.45) is 0 Å². The molecule has 0 saturated heterocycles. The van der Waals surface area contributed by atoms with Gasteiger partial charge in [0, 0.05) is 12.0 Å². The Morgan fingerprint density at radius 2 is 1.04 bits per heavy atom. The lowest BCUT2D eigenvalue weighted by Crippen LogP contribution is -2.15. The van der Waals surface area contributed by atoms with Crippen LogP contribution in [0.5, 0.6) is 0 Å². The number of benzene rings is 3. The molecule has 0 spiro atoms. The molecule has 3 aromatic rings. The molecule has 0 nitrogen and oxygen atoms in total. The molecule has 45 heavy (non-hydrogen) atoms. The Labute approximate surface area is 264 Å². The van der Waals surface area contributed by atoms with Gasteiger partial charge in [0.1, 0.15) is 11.6 Å². The summed E-state index contributed by atoms with van der Waals surface area (Å²) in [6, 6.07) is 15.0. The van der Waals surface area contributed by atoms with Gasteiger partial charge in [-0.2, -0.15) is 0 Å². The molecule has 0 amide bonds. The molecule has 0 aromatic heterocycles. The fraction of sp³-hybridized carbons (Fsp3) is 0.487. The molecule has 2 aliphatic rings. The van der Waals surface area contributed by atoms with Gasteiger partial charge in [-0.3, -0.25) is 0 Å². The third-order valence-electron chi connectivity index (χ3n) is 10.2. The normalized spacial score (nSPS) is 22.7. The van der Waals surface area contributed by atoms with Crippen molar-refractivity contribution < 1.29 is 26.3 Å². The highest BCUT2D eigenvalue weighted by Gasteiger charge is 2.28. The van der Waals surface area contributed by atoms with Gasteiger partial charge in [-0.25, -0.2) is 26.3 Å². The zero-order chi connectivity index (χ0) is 31.9. The van der Waals surface area contributed by atoms with E-state index in [1.807, 2.05) is 24.3 Å². The summed E-state index contributed by atoms with van der Waals surface area (Å²) >= 11 is 0. The van der Waals surface area contributed by atoms with Crippen LogP contribution in [-0.2, 0) is 0 Å². The van der Waals surface area contributed by atoms with Gasteiger partial charge in [-0.15, -0.1) is 0 Å². The fourth-order valence-electron chi connectivity index (χ4n) is 7.49. The van der Waals surface area contributed by atoms with Gasteiger partial charge in [0.2, 0.25) is 0 Å². The molecule has 0 heterocycles. The summed E-state index contributed by atoms with van der Waals surface area (Å²) in [4.78, 5) is 0. The minimum absolute atomic E-state index is 0.0445. The highest BCUT2D eigenvalue weighted by molar-refractivity contribution is 5.61. The Morgan fingerprint density at radius 3 is 1.62 bits per heavy atom. The number of hydrogen-bond acceptors (Lipinski definition) is 0. The van der Waals surface area contributed by atoms with Gasteiger partial charge in [0.25, 0.3) is 0 Å². The molecule has 0 aliphatic heterocycles. The first-order valence-electron chi connectivity index (χ1n) is 16.8. The van der Waals surface area contributed by atoms with Crippen LogP contribution in [0.4, 0.5) is 26.3 Å². The molecule has 2 fully saturated rings. The minimum Gasteiger partial charge on any atom is -0.209 e. The van der Waals surface area contributed by atoms with Crippen molar-refractivity contribution >= 4 is 5.83 Å². The number of hydrogen-bond donors (Lipinski definition) is 0. The summed E-state index contributed by atoms with van der Waals surface area (Å²) in [6.45, 7) is 2.13. The fourth-order valence-corrected chi connectivity index (χ4v) is 7.49. The van der Waals surface area contributed by atoms with Crippen molar-refractivity contribution in [2.45, 2.75) is 120 Å². The van der Waals surface area contributed by atoms with E-state index in [0.29, 0.717) is 54.7 Å². The maximum Gasteiger partial charge on any atom is 0.194 e. The monoisotopic (exact) mass is 626 g/mol. The van der Waals surface area contributed by atoms with E-state index in [-0.39, 0.29) is 30.0 Å². The number of unbranched alkanes of at least 4 members (excludes halogenated alkanes) is 4. The third kappa shape index (κ3) is 8.23. The number of allylic oxidation sites excluding steroid dienone is 1. The third-order valence-corrected chi connectivity index (χ3v) is 10.2. The van der Waals surface area contributed by atoms with Crippen LogP contribution in [0.15, 0.2) is 60.4 Å². The Balaban J connectivity index is 1.12. The largest absolute Gasteiger partial charge is 0.209 e. The number of rotatable bonds is 11. The van der Waals surface area contributed by atoms with Crippen LogP contribution in [0.25, 0.3) is 5.83 Å². The van der Waals surface area contributed by atoms with Crippen LogP contribution in [0.3, 0.4) is 0 Å². The minimum atomic E-state index is -1.45. The van der Waals surface area contributed by atoms with Crippen molar-refractivity contribution in [1.29, 1.82) is 0 Å². The summed E-state index contributed by atoms with van der Waals surface area (Å²) in [5.74, 6) is -4.80. The zero-order valence-electron chi connectivity index (χ0n) is 26.2. The highest BCUT2D eigenvalue weighted by atomic mass is 19.2. The van der Waals surface area contributed by atoms with Crippen molar-refractivity contribution in [2.75, 3.05) is 0 Å². The highest BCUT2D eigenvalue weighted by Crippen LogP contribution is 2.44. The molecule has 3 aromatic carbocycles. The van der Waals surface area contributed by atoms with E-state index in [2.05, 4.69) is 6.92 Å². The summed E-state index contributed by atoms with van der Waals surface area (Å²) in [6.07, 6.45) is 11.5. The first-order chi connectivity index (χ1) is 21.7. The second kappa shape index (κ2) is 15.5. The van der Waals surface area contributed by atoms with Crippen LogP contribution in [0, 0.1) is 23.3 Å². The second-order valence-corrected chi connectivity index (χ2v) is 13.2. The zero-order valence-corrected chi connectivity index (χ0v) is 26.2. The Morgan fingerprint density at radius 1 is 0.556 bits per heavy atom. The average molecular weight is 627 g/mol. The van der Waals surface area contributed by atoms with Crippen LogP contribution in [-0.4, -0.2) is 0 Å². The topological polar surface area (TPSA) is 0 Å². The van der Waals surface area contributed by atoms with Gasteiger partial charge in [0.05, 0.1) is 0 Å². The average Bonchev–Trinajstić information content (AvgIpc) is 3.06. The molecule has 0 radical (unpaired) electrons. The van der Waals surface area contributed by atoms with Gasteiger partial charge in [0.15, 0.2) is 23.3 Å². The standard InChI is InChI=1S/C39H44F6/c1-2-3-4-5-6-7-34(40)38(44)30-18-14-26(15-19-30)25-8-10-27(11-9-25)31-20-21-33(35(41)22-31)29-16-12-28(13-17-29)32-23-36(42)39(45)37(43)24-32/h14-15,18-25,27-29H,2-13,16-17H2,1H3/b38-34+. The lowest BCUT2D eigenvalue weighted by molar-refractivity contribution is 0.380. The molecule has 0 N–H and O–H groups in total. The van der Waals surface area contributed by atoms with E-state index in [4.69, 9.17) is 0 Å². The summed E-state index contributed by atoms with van der Waals surface area (Å²) in [5, 5.41) is 0. The van der Waals surface area contributed by atoms with E-state index < -0.39 is 29.1 Å². The van der Waals surface area contributed by atoms with Crippen molar-refractivity contribution in [3.63, 3.8) is 0 Å². The quantitative estimate of drug-likeness (QED) is 0.113. The maximum absolute atomic E-state index is 15.4. The molecule has 2 aliphatic carbocycles. The van der Waals surface area contributed by atoms with E-state index in [0.717, 1.165) is 74.6 Å². The van der Waals surface area contributed by atoms with E-state index in [9.17, 15) is 22.0 Å². The van der Waals surface area contributed by atoms with E-state index >= 15 is 4.39 Å². The van der Waals surface area contributed by atoms with Crippen molar-refractivity contribution in [3.8, 4) is 0 Å². The molecule has 2 saturated carbocycles. The summed E-state index contributed by atoms with van der Waals surface area (Å²) < 4.78 is 85.2. The SMILES string of the molecule is CCCCCCC/C(F)=C(\F)c1ccc(C2CCC(c3ccc(C4CCC(c5cc(F)c(F)c(F)c5)CC4)c(F)c3)CC2)cc1. The molecular formula is C39H44F6. The predicted octanol–water partition coefficient (Wildman–Crippen LogP) is 13.1. The maximum atomic E-state index is 15.4. The molecule has 5 rings (SSSR count). The predicted molar refractivity (Wildman–Crippen MR) is 170 cm³/mol. The second-order valence-electron chi connectivity index (χ2n) is 13.2. The molecule has 242 valence electrons. The first kappa shape index (κ1) is 33.3. The Bertz CT molecular complexity index is 1420. The summed E-state index contributed by atoms with van der Waals surface area (Å²) in [5.41, 5.74) is 3.59. The van der Waals surface area contributed by atoms with Gasteiger partial charge < -0.3 is 0 Å². The van der Waals surface area contributed by atoms with Crippen molar-refractivity contribution in [1.82, 2.24) is 0 Å². The lowest BCUT2D eigenvalue weighted by atomic mass is 9.74. The molecule has 6 heteroatoms. The summed E-state index contributed by atoms with van der Waals surface area (Å²) in [7, 11) is 0. The smallest absolute Gasteiger partial charge is 0.194 e. The van der Waals surface area contributed by atoms with E-state index in [1.165, 1.54) is 0 Å². The van der Waals surface area contributed by atoms with Crippen LogP contribution in [0.1, 0.15) is 148 Å². The molecule has 0 bridgehead atoms. The van der Waals surface area contributed by atoms with Crippen LogP contribution < -0.4 is 0 Å². The Kier molecular flexibility index (Phi) is 11.5. The van der Waals surface area contributed by atoms with E-state index in [1.54, 1.807) is 18.2 Å². The van der Waals surface area contributed by atoms with Gasteiger partial charge >= 0.3 is 0 Å². The lowest BCUT2D eigenvalue weighted by Gasteiger charge is -2.31. The molecule has 0 unspecified atom stereocenters. The number of halogens is 6. The first-order valence-corrected chi connectivity index (χ1v) is 16.8.